The summed E-state index contributed by atoms with van der Waals surface area (Å²) in [7, 11) is 0. The fourth-order valence-corrected chi connectivity index (χ4v) is 4.55. The predicted octanol–water partition coefficient (Wildman–Crippen LogP) is 4.98. The summed E-state index contributed by atoms with van der Waals surface area (Å²) in [6, 6.07) is 0. The van der Waals surface area contributed by atoms with Gasteiger partial charge in [0.05, 0.1) is 0 Å². The van der Waals surface area contributed by atoms with Gasteiger partial charge in [-0.3, -0.25) is 0 Å². The lowest BCUT2D eigenvalue weighted by Gasteiger charge is -2.38. The molecule has 0 spiro atoms. The van der Waals surface area contributed by atoms with Gasteiger partial charge in [0.2, 0.25) is 0 Å². The van der Waals surface area contributed by atoms with Crippen LogP contribution in [0.15, 0.2) is 0 Å². The minimum atomic E-state index is 0.849. The zero-order valence-corrected chi connectivity index (χ0v) is 11.9. The molecule has 15 heavy (non-hydrogen) atoms. The molecule has 0 heterocycles. The molecule has 0 amide bonds. The van der Waals surface area contributed by atoms with Gasteiger partial charge in [-0.1, -0.05) is 41.0 Å². The molecule has 0 aromatic heterocycles. The molecule has 0 radical (unpaired) electrons. The van der Waals surface area contributed by atoms with Gasteiger partial charge in [0.1, 0.15) is 0 Å². The molecule has 1 unspecified atom stereocenters. The van der Waals surface area contributed by atoms with Crippen LogP contribution in [0.5, 0.6) is 0 Å². The van der Waals surface area contributed by atoms with E-state index >= 15 is 0 Å². The summed E-state index contributed by atoms with van der Waals surface area (Å²) in [5.41, 5.74) is 0. The smallest absolute Gasteiger partial charge is 0.00829 e. The van der Waals surface area contributed by atoms with E-state index in [2.05, 4.69) is 46.4 Å². The second-order valence-electron chi connectivity index (χ2n) is 5.72. The van der Waals surface area contributed by atoms with Crippen molar-refractivity contribution in [1.29, 1.82) is 0 Å². The topological polar surface area (TPSA) is 0 Å². The van der Waals surface area contributed by atoms with E-state index in [0.29, 0.717) is 0 Å². The highest BCUT2D eigenvalue weighted by Crippen LogP contribution is 2.41. The van der Waals surface area contributed by atoms with Crippen molar-refractivity contribution in [2.75, 3.05) is 0 Å². The van der Waals surface area contributed by atoms with Crippen molar-refractivity contribution in [2.24, 2.45) is 17.8 Å². The molecule has 1 rings (SSSR count). The van der Waals surface area contributed by atoms with E-state index in [-0.39, 0.29) is 0 Å². The zero-order valence-electron chi connectivity index (χ0n) is 11.1. The van der Waals surface area contributed by atoms with Crippen molar-refractivity contribution < 1.29 is 0 Å². The third kappa shape index (κ3) is 4.01. The summed E-state index contributed by atoms with van der Waals surface area (Å²) >= 11 is 2.26. The Kier molecular flexibility index (Phi) is 5.52. The maximum atomic E-state index is 2.43. The molecular formula is C14H28S. The first-order chi connectivity index (χ1) is 7.04. The summed E-state index contributed by atoms with van der Waals surface area (Å²) < 4.78 is 0. The highest BCUT2D eigenvalue weighted by atomic mass is 32.2. The molecule has 0 aromatic rings. The summed E-state index contributed by atoms with van der Waals surface area (Å²) in [4.78, 5) is 0. The summed E-state index contributed by atoms with van der Waals surface area (Å²) in [6.07, 6.45) is 5.70. The Morgan fingerprint density at radius 2 is 1.87 bits per heavy atom. The Balaban J connectivity index is 2.54. The van der Waals surface area contributed by atoms with E-state index in [4.69, 9.17) is 0 Å². The fraction of sp³-hybridized carbons (Fsp3) is 1.00. The minimum absolute atomic E-state index is 0.849. The molecule has 0 aliphatic heterocycles. The van der Waals surface area contributed by atoms with Gasteiger partial charge in [0.15, 0.2) is 0 Å². The van der Waals surface area contributed by atoms with E-state index in [9.17, 15) is 0 Å². The van der Waals surface area contributed by atoms with Crippen LogP contribution >= 0.6 is 11.8 Å². The molecule has 4 atom stereocenters. The highest BCUT2D eigenvalue weighted by molar-refractivity contribution is 8.00. The molecule has 0 nitrogen and oxygen atoms in total. The normalized spacial score (nSPS) is 34.4. The Bertz CT molecular complexity index is 176. The van der Waals surface area contributed by atoms with Gasteiger partial charge in [-0.25, -0.2) is 0 Å². The van der Waals surface area contributed by atoms with Crippen LogP contribution in [0.2, 0.25) is 0 Å². The molecule has 0 bridgehead atoms. The largest absolute Gasteiger partial charge is 0.155 e. The van der Waals surface area contributed by atoms with E-state index in [0.717, 1.165) is 28.3 Å². The number of hydrogen-bond acceptors (Lipinski definition) is 1. The first-order valence-electron chi connectivity index (χ1n) is 6.70. The number of rotatable bonds is 4. The van der Waals surface area contributed by atoms with Gasteiger partial charge in [-0.15, -0.1) is 0 Å². The summed E-state index contributed by atoms with van der Waals surface area (Å²) in [6.45, 7) is 12.0. The van der Waals surface area contributed by atoms with Crippen molar-refractivity contribution >= 4 is 11.8 Å². The van der Waals surface area contributed by atoms with E-state index in [1.807, 2.05) is 0 Å². The van der Waals surface area contributed by atoms with Gasteiger partial charge >= 0.3 is 0 Å². The predicted molar refractivity (Wildman–Crippen MR) is 72.5 cm³/mol. The molecular weight excluding hydrogens is 200 g/mol. The van der Waals surface area contributed by atoms with Crippen LogP contribution in [-0.4, -0.2) is 10.5 Å². The Hall–Kier alpha value is 0.350. The van der Waals surface area contributed by atoms with E-state index < -0.39 is 0 Å². The van der Waals surface area contributed by atoms with Crippen LogP contribution in [0.1, 0.15) is 60.3 Å². The first kappa shape index (κ1) is 13.4. The SMILES string of the molecule is CCC(C)S[C@@H]1C[C@H](C)CC[C@H]1C(C)C. The van der Waals surface area contributed by atoms with Crippen LogP contribution < -0.4 is 0 Å². The minimum Gasteiger partial charge on any atom is -0.155 e. The van der Waals surface area contributed by atoms with Gasteiger partial charge in [0.25, 0.3) is 0 Å². The maximum absolute atomic E-state index is 2.43. The van der Waals surface area contributed by atoms with Gasteiger partial charge in [-0.05, 0) is 37.0 Å². The summed E-state index contributed by atoms with van der Waals surface area (Å²) in [5.74, 6) is 2.81. The van der Waals surface area contributed by atoms with Crippen LogP contribution in [0.4, 0.5) is 0 Å². The molecule has 1 fully saturated rings. The lowest BCUT2D eigenvalue weighted by Crippen LogP contribution is -2.31. The van der Waals surface area contributed by atoms with Gasteiger partial charge in [-0.2, -0.15) is 11.8 Å². The van der Waals surface area contributed by atoms with E-state index in [1.54, 1.807) is 0 Å². The third-order valence-electron chi connectivity index (χ3n) is 3.94. The molecule has 1 saturated carbocycles. The van der Waals surface area contributed by atoms with E-state index in [1.165, 1.54) is 25.7 Å². The first-order valence-corrected chi connectivity index (χ1v) is 7.64. The third-order valence-corrected chi connectivity index (χ3v) is 5.63. The molecule has 90 valence electrons. The van der Waals surface area contributed by atoms with Crippen LogP contribution in [0, 0.1) is 17.8 Å². The van der Waals surface area contributed by atoms with Crippen molar-refractivity contribution in [1.82, 2.24) is 0 Å². The lowest BCUT2D eigenvalue weighted by molar-refractivity contribution is 0.244. The van der Waals surface area contributed by atoms with Crippen LogP contribution in [0.25, 0.3) is 0 Å². The number of hydrogen-bond donors (Lipinski definition) is 0. The standard InChI is InChI=1S/C14H28S/c1-6-12(5)15-14-9-11(4)7-8-13(14)10(2)3/h10-14H,6-9H2,1-5H3/t11-,12?,13+,14-/m1/s1. The van der Waals surface area contributed by atoms with Crippen molar-refractivity contribution in [3.63, 3.8) is 0 Å². The zero-order chi connectivity index (χ0) is 11.4. The average molecular weight is 228 g/mol. The van der Waals surface area contributed by atoms with Crippen molar-refractivity contribution in [3.05, 3.63) is 0 Å². The summed E-state index contributed by atoms with van der Waals surface area (Å²) in [5, 5.41) is 1.78. The van der Waals surface area contributed by atoms with Crippen molar-refractivity contribution in [2.45, 2.75) is 70.8 Å². The highest BCUT2D eigenvalue weighted by Gasteiger charge is 2.31. The van der Waals surface area contributed by atoms with Gasteiger partial charge in [0, 0.05) is 10.5 Å². The molecule has 1 heteroatoms. The van der Waals surface area contributed by atoms with Crippen LogP contribution in [-0.2, 0) is 0 Å². The molecule has 1 aliphatic rings. The quantitative estimate of drug-likeness (QED) is 0.654. The maximum Gasteiger partial charge on any atom is 0.00829 e. The fourth-order valence-electron chi connectivity index (χ4n) is 2.67. The Morgan fingerprint density at radius 3 is 2.40 bits per heavy atom. The Morgan fingerprint density at radius 1 is 1.20 bits per heavy atom. The number of thioether (sulfide) groups is 1. The molecule has 0 aromatic carbocycles. The van der Waals surface area contributed by atoms with Crippen LogP contribution in [0.3, 0.4) is 0 Å². The van der Waals surface area contributed by atoms with Crippen molar-refractivity contribution in [3.8, 4) is 0 Å². The lowest BCUT2D eigenvalue weighted by atomic mass is 9.77. The second kappa shape index (κ2) is 6.18. The molecule has 0 saturated heterocycles. The monoisotopic (exact) mass is 228 g/mol. The molecule has 1 aliphatic carbocycles. The van der Waals surface area contributed by atoms with Gasteiger partial charge < -0.3 is 0 Å². The molecule has 0 N–H and O–H groups in total. The second-order valence-corrected chi connectivity index (χ2v) is 7.40. The average Bonchev–Trinajstić information content (AvgIpc) is 2.17. The Labute approximate surface area is 101 Å².